The lowest BCUT2D eigenvalue weighted by Crippen LogP contribution is -2.09. The summed E-state index contributed by atoms with van der Waals surface area (Å²) in [5.41, 5.74) is 1.36. The van der Waals surface area contributed by atoms with Crippen LogP contribution in [0.15, 0.2) is 11.6 Å². The van der Waals surface area contributed by atoms with E-state index in [1.165, 1.54) is 24.2 Å². The molecule has 0 radical (unpaired) electrons. The molecule has 0 unspecified atom stereocenters. The summed E-state index contributed by atoms with van der Waals surface area (Å²) < 4.78 is 5.12. The minimum atomic E-state index is -0.339. The Bertz CT molecular complexity index is 586. The van der Waals surface area contributed by atoms with Gasteiger partial charge in [0.1, 0.15) is 0 Å². The molecule has 1 fully saturated rings. The SMILES string of the molecule is CCOC(=O)c1nc(-c2nccs2)[nH]c1C1CCCC1. The maximum atomic E-state index is 12.1. The molecule has 1 saturated carbocycles. The molecule has 20 heavy (non-hydrogen) atoms. The number of nitrogens with zero attached hydrogens (tertiary/aromatic N) is 2. The van der Waals surface area contributed by atoms with Gasteiger partial charge in [0.25, 0.3) is 0 Å². The molecular formula is C14H17N3O2S. The molecule has 5 nitrogen and oxygen atoms in total. The van der Waals surface area contributed by atoms with Crippen molar-refractivity contribution in [1.29, 1.82) is 0 Å². The molecule has 0 aromatic carbocycles. The lowest BCUT2D eigenvalue weighted by molar-refractivity contribution is 0.0518. The smallest absolute Gasteiger partial charge is 0.358 e. The molecule has 6 heteroatoms. The number of aromatic amines is 1. The highest BCUT2D eigenvalue weighted by Crippen LogP contribution is 2.36. The number of rotatable bonds is 4. The van der Waals surface area contributed by atoms with Crippen molar-refractivity contribution in [2.45, 2.75) is 38.5 Å². The fourth-order valence-electron chi connectivity index (χ4n) is 2.69. The maximum Gasteiger partial charge on any atom is 0.358 e. The van der Waals surface area contributed by atoms with E-state index in [2.05, 4.69) is 15.0 Å². The van der Waals surface area contributed by atoms with E-state index in [9.17, 15) is 4.79 Å². The topological polar surface area (TPSA) is 67.9 Å². The minimum absolute atomic E-state index is 0.339. The summed E-state index contributed by atoms with van der Waals surface area (Å²) in [6.45, 7) is 2.17. The molecule has 0 amide bonds. The number of esters is 1. The van der Waals surface area contributed by atoms with E-state index in [4.69, 9.17) is 4.74 Å². The van der Waals surface area contributed by atoms with Gasteiger partial charge in [0.2, 0.25) is 0 Å². The van der Waals surface area contributed by atoms with Crippen molar-refractivity contribution in [3.05, 3.63) is 23.0 Å². The number of hydrogen-bond acceptors (Lipinski definition) is 5. The van der Waals surface area contributed by atoms with Crippen LogP contribution in [0.2, 0.25) is 0 Å². The summed E-state index contributed by atoms with van der Waals surface area (Å²) in [6, 6.07) is 0. The zero-order valence-electron chi connectivity index (χ0n) is 11.4. The number of carbonyl (C=O) groups is 1. The van der Waals surface area contributed by atoms with Gasteiger partial charge in [-0.1, -0.05) is 12.8 Å². The molecule has 0 aliphatic heterocycles. The molecule has 2 aromatic heterocycles. The van der Waals surface area contributed by atoms with Crippen molar-refractivity contribution < 1.29 is 9.53 Å². The lowest BCUT2D eigenvalue weighted by Gasteiger charge is -2.08. The summed E-state index contributed by atoms with van der Waals surface area (Å²) in [5.74, 6) is 0.717. The summed E-state index contributed by atoms with van der Waals surface area (Å²) in [4.78, 5) is 24.1. The van der Waals surface area contributed by atoms with Crippen LogP contribution in [0.5, 0.6) is 0 Å². The molecule has 1 aliphatic carbocycles. The number of H-pyrrole nitrogens is 1. The number of imidazole rings is 1. The van der Waals surface area contributed by atoms with Crippen LogP contribution in [0, 0.1) is 0 Å². The second-order valence-corrected chi connectivity index (χ2v) is 5.78. The van der Waals surface area contributed by atoms with E-state index in [1.54, 1.807) is 6.20 Å². The first-order chi connectivity index (χ1) is 9.79. The maximum absolute atomic E-state index is 12.1. The molecule has 1 aliphatic rings. The van der Waals surface area contributed by atoms with Crippen molar-refractivity contribution in [1.82, 2.24) is 15.0 Å². The van der Waals surface area contributed by atoms with Gasteiger partial charge in [-0.3, -0.25) is 0 Å². The Balaban J connectivity index is 1.99. The summed E-state index contributed by atoms with van der Waals surface area (Å²) >= 11 is 1.51. The van der Waals surface area contributed by atoms with E-state index < -0.39 is 0 Å². The second kappa shape index (κ2) is 5.75. The summed E-state index contributed by atoms with van der Waals surface area (Å²) in [5, 5.41) is 2.71. The Morgan fingerprint density at radius 1 is 1.50 bits per heavy atom. The normalized spacial score (nSPS) is 15.7. The van der Waals surface area contributed by atoms with E-state index in [1.807, 2.05) is 12.3 Å². The summed E-state index contributed by atoms with van der Waals surface area (Å²) in [6.07, 6.45) is 6.36. The molecule has 0 bridgehead atoms. The Morgan fingerprint density at radius 3 is 2.95 bits per heavy atom. The molecule has 0 spiro atoms. The fourth-order valence-corrected chi connectivity index (χ4v) is 3.27. The number of carbonyl (C=O) groups excluding carboxylic acids is 1. The van der Waals surface area contributed by atoms with Gasteiger partial charge >= 0.3 is 5.97 Å². The van der Waals surface area contributed by atoms with Crippen LogP contribution in [0.4, 0.5) is 0 Å². The Morgan fingerprint density at radius 2 is 2.30 bits per heavy atom. The number of hydrogen-bond donors (Lipinski definition) is 1. The quantitative estimate of drug-likeness (QED) is 0.877. The monoisotopic (exact) mass is 291 g/mol. The van der Waals surface area contributed by atoms with Crippen LogP contribution in [-0.2, 0) is 4.74 Å². The van der Waals surface area contributed by atoms with Gasteiger partial charge in [-0.15, -0.1) is 11.3 Å². The molecular weight excluding hydrogens is 274 g/mol. The van der Waals surface area contributed by atoms with E-state index in [0.29, 0.717) is 24.0 Å². The highest BCUT2D eigenvalue weighted by molar-refractivity contribution is 7.13. The van der Waals surface area contributed by atoms with Crippen molar-refractivity contribution in [2.24, 2.45) is 0 Å². The van der Waals surface area contributed by atoms with Gasteiger partial charge in [-0.05, 0) is 19.8 Å². The van der Waals surface area contributed by atoms with Gasteiger partial charge in [0.05, 0.1) is 12.3 Å². The second-order valence-electron chi connectivity index (χ2n) is 4.89. The zero-order chi connectivity index (χ0) is 13.9. The van der Waals surface area contributed by atoms with Crippen molar-refractivity contribution in [3.8, 4) is 10.8 Å². The molecule has 2 heterocycles. The largest absolute Gasteiger partial charge is 0.461 e. The fraction of sp³-hybridized carbons (Fsp3) is 0.500. The van der Waals surface area contributed by atoms with Gasteiger partial charge in [0.15, 0.2) is 16.5 Å². The van der Waals surface area contributed by atoms with Crippen LogP contribution in [0.25, 0.3) is 10.8 Å². The Labute approximate surface area is 121 Å². The highest BCUT2D eigenvalue weighted by Gasteiger charge is 2.28. The third kappa shape index (κ3) is 2.47. The van der Waals surface area contributed by atoms with Crippen LogP contribution in [0.1, 0.15) is 54.7 Å². The van der Waals surface area contributed by atoms with E-state index in [0.717, 1.165) is 23.5 Å². The average molecular weight is 291 g/mol. The Kier molecular flexibility index (Phi) is 3.82. The first kappa shape index (κ1) is 13.3. The first-order valence-corrected chi connectivity index (χ1v) is 7.84. The van der Waals surface area contributed by atoms with Crippen LogP contribution < -0.4 is 0 Å². The lowest BCUT2D eigenvalue weighted by atomic mass is 10.0. The number of ether oxygens (including phenoxy) is 1. The molecule has 0 saturated heterocycles. The summed E-state index contributed by atoms with van der Waals surface area (Å²) in [7, 11) is 0. The van der Waals surface area contributed by atoms with Crippen molar-refractivity contribution in [2.75, 3.05) is 6.61 Å². The third-order valence-corrected chi connectivity index (χ3v) is 4.38. The Hall–Kier alpha value is -1.69. The van der Waals surface area contributed by atoms with Crippen molar-refractivity contribution >= 4 is 17.3 Å². The zero-order valence-corrected chi connectivity index (χ0v) is 12.2. The average Bonchev–Trinajstić information content (AvgIpc) is 3.19. The van der Waals surface area contributed by atoms with Gasteiger partial charge in [-0.25, -0.2) is 14.8 Å². The molecule has 3 rings (SSSR count). The van der Waals surface area contributed by atoms with Gasteiger partial charge in [0, 0.05) is 17.5 Å². The van der Waals surface area contributed by atoms with Gasteiger partial charge < -0.3 is 9.72 Å². The molecule has 106 valence electrons. The standard InChI is InChI=1S/C14H17N3O2S/c1-2-19-14(18)11-10(9-5-3-4-6-9)16-12(17-11)13-15-7-8-20-13/h7-9H,2-6H2,1H3,(H,16,17). The minimum Gasteiger partial charge on any atom is -0.461 e. The molecule has 2 aromatic rings. The number of nitrogens with one attached hydrogen (secondary N) is 1. The highest BCUT2D eigenvalue weighted by atomic mass is 32.1. The molecule has 1 N–H and O–H groups in total. The van der Waals surface area contributed by atoms with E-state index in [-0.39, 0.29) is 5.97 Å². The van der Waals surface area contributed by atoms with E-state index >= 15 is 0 Å². The van der Waals surface area contributed by atoms with Gasteiger partial charge in [-0.2, -0.15) is 0 Å². The number of thiazole rings is 1. The van der Waals surface area contributed by atoms with Crippen LogP contribution in [0.3, 0.4) is 0 Å². The predicted molar refractivity (Wildman–Crippen MR) is 76.9 cm³/mol. The first-order valence-electron chi connectivity index (χ1n) is 6.96. The number of aromatic nitrogens is 3. The van der Waals surface area contributed by atoms with Crippen molar-refractivity contribution in [3.63, 3.8) is 0 Å². The van der Waals surface area contributed by atoms with Crippen LogP contribution >= 0.6 is 11.3 Å². The predicted octanol–water partition coefficient (Wildman–Crippen LogP) is 3.37. The third-order valence-electron chi connectivity index (χ3n) is 3.60. The molecule has 0 atom stereocenters. The van der Waals surface area contributed by atoms with Crippen LogP contribution in [-0.4, -0.2) is 27.5 Å².